The zero-order valence-corrected chi connectivity index (χ0v) is 14.4. The highest BCUT2D eigenvalue weighted by molar-refractivity contribution is 5.69. The Morgan fingerprint density at radius 2 is 1.93 bits per heavy atom. The van der Waals surface area contributed by atoms with E-state index in [0.717, 1.165) is 42.9 Å². The highest BCUT2D eigenvalue weighted by Gasteiger charge is 2.34. The van der Waals surface area contributed by atoms with Gasteiger partial charge in [-0.15, -0.1) is 0 Å². The second kappa shape index (κ2) is 6.83. The fourth-order valence-corrected chi connectivity index (χ4v) is 3.66. The van der Waals surface area contributed by atoms with Crippen LogP contribution in [0.25, 0.3) is 6.08 Å². The second-order valence-corrected chi connectivity index (χ2v) is 6.78. The van der Waals surface area contributed by atoms with E-state index in [9.17, 15) is 17.6 Å². The van der Waals surface area contributed by atoms with Crippen molar-refractivity contribution in [3.8, 4) is 0 Å². The molecule has 8 heteroatoms. The fraction of sp³-hybridized carbons (Fsp3) is 0.368. The van der Waals surface area contributed by atoms with Gasteiger partial charge >= 0.3 is 6.18 Å². The van der Waals surface area contributed by atoms with Gasteiger partial charge in [-0.05, 0) is 31.0 Å². The molecule has 0 amide bonds. The highest BCUT2D eigenvalue weighted by atomic mass is 19.4. The minimum atomic E-state index is -4.76. The van der Waals surface area contributed by atoms with Gasteiger partial charge in [0.1, 0.15) is 11.6 Å². The van der Waals surface area contributed by atoms with Crippen molar-refractivity contribution in [3.05, 3.63) is 47.4 Å². The standard InChI is InChI=1S/C19H18F4N4/c20-16-8-7-13(10-15(16)19(21,22)23)25-18-24-11-12-4-3-9-27(17(12)26-18)14-5-1-2-6-14/h3-4,7-8,10-11,14H,1-2,5-6,9H2,(H,24,25,26). The van der Waals surface area contributed by atoms with Crippen molar-refractivity contribution in [3.63, 3.8) is 0 Å². The third-order valence-electron chi connectivity index (χ3n) is 4.96. The molecule has 4 rings (SSSR count). The molecule has 0 radical (unpaired) electrons. The summed E-state index contributed by atoms with van der Waals surface area (Å²) >= 11 is 0. The second-order valence-electron chi connectivity index (χ2n) is 6.78. The van der Waals surface area contributed by atoms with Crippen molar-refractivity contribution in [2.45, 2.75) is 37.9 Å². The summed E-state index contributed by atoms with van der Waals surface area (Å²) in [6, 6.07) is 3.17. The summed E-state index contributed by atoms with van der Waals surface area (Å²) < 4.78 is 52.2. The van der Waals surface area contributed by atoms with E-state index in [1.807, 2.05) is 6.08 Å². The average molecular weight is 378 g/mol. The lowest BCUT2D eigenvalue weighted by atomic mass is 10.1. The average Bonchev–Trinajstić information content (AvgIpc) is 3.16. The molecule has 142 valence electrons. The minimum Gasteiger partial charge on any atom is -0.349 e. The Hall–Kier alpha value is -2.64. The topological polar surface area (TPSA) is 41.1 Å². The van der Waals surface area contributed by atoms with Gasteiger partial charge in [-0.1, -0.05) is 25.0 Å². The predicted molar refractivity (Wildman–Crippen MR) is 95.4 cm³/mol. The summed E-state index contributed by atoms with van der Waals surface area (Å²) in [5, 5.41) is 2.77. The largest absolute Gasteiger partial charge is 0.419 e. The van der Waals surface area contributed by atoms with E-state index in [1.165, 1.54) is 18.9 Å². The van der Waals surface area contributed by atoms with Gasteiger partial charge < -0.3 is 10.2 Å². The number of fused-ring (bicyclic) bond motifs is 1. The lowest BCUT2D eigenvalue weighted by molar-refractivity contribution is -0.139. The first-order valence-corrected chi connectivity index (χ1v) is 8.86. The Bertz CT molecular complexity index is 872. The van der Waals surface area contributed by atoms with Gasteiger partial charge in [0.05, 0.1) is 5.56 Å². The van der Waals surface area contributed by atoms with Crippen molar-refractivity contribution >= 4 is 23.5 Å². The molecule has 0 atom stereocenters. The molecule has 1 saturated carbocycles. The van der Waals surface area contributed by atoms with Crippen molar-refractivity contribution in [1.82, 2.24) is 9.97 Å². The number of hydrogen-bond acceptors (Lipinski definition) is 4. The molecule has 1 N–H and O–H groups in total. The monoisotopic (exact) mass is 378 g/mol. The molecule has 27 heavy (non-hydrogen) atoms. The summed E-state index contributed by atoms with van der Waals surface area (Å²) in [6.45, 7) is 0.753. The van der Waals surface area contributed by atoms with Crippen LogP contribution in [-0.2, 0) is 6.18 Å². The van der Waals surface area contributed by atoms with Crippen LogP contribution in [0.4, 0.5) is 35.0 Å². The molecule has 1 aromatic carbocycles. The quantitative estimate of drug-likeness (QED) is 0.750. The van der Waals surface area contributed by atoms with Gasteiger partial charge in [0, 0.05) is 30.0 Å². The highest BCUT2D eigenvalue weighted by Crippen LogP contribution is 2.35. The van der Waals surface area contributed by atoms with Crippen LogP contribution >= 0.6 is 0 Å². The Morgan fingerprint density at radius 3 is 2.67 bits per heavy atom. The van der Waals surface area contributed by atoms with Gasteiger partial charge in [0.2, 0.25) is 5.95 Å². The van der Waals surface area contributed by atoms with Crippen molar-refractivity contribution in [2.24, 2.45) is 0 Å². The van der Waals surface area contributed by atoms with E-state index in [1.54, 1.807) is 6.20 Å². The molecule has 4 nitrogen and oxygen atoms in total. The van der Waals surface area contributed by atoms with E-state index in [4.69, 9.17) is 0 Å². The summed E-state index contributed by atoms with van der Waals surface area (Å²) in [7, 11) is 0. The van der Waals surface area contributed by atoms with Crippen molar-refractivity contribution in [1.29, 1.82) is 0 Å². The van der Waals surface area contributed by atoms with Gasteiger partial charge in [-0.25, -0.2) is 9.37 Å². The Kier molecular flexibility index (Phi) is 4.49. The van der Waals surface area contributed by atoms with E-state index in [2.05, 4.69) is 26.3 Å². The fourth-order valence-electron chi connectivity index (χ4n) is 3.66. The molecular weight excluding hydrogens is 360 g/mol. The first-order valence-electron chi connectivity index (χ1n) is 8.86. The van der Waals surface area contributed by atoms with Gasteiger partial charge in [0.15, 0.2) is 0 Å². The molecule has 1 aliphatic carbocycles. The van der Waals surface area contributed by atoms with E-state index >= 15 is 0 Å². The van der Waals surface area contributed by atoms with Crippen LogP contribution < -0.4 is 10.2 Å². The predicted octanol–water partition coefficient (Wildman–Crippen LogP) is 5.15. The number of benzene rings is 1. The minimum absolute atomic E-state index is 0.0856. The van der Waals surface area contributed by atoms with Gasteiger partial charge in [-0.3, -0.25) is 0 Å². The normalized spacial score (nSPS) is 17.3. The van der Waals surface area contributed by atoms with Crippen LogP contribution in [-0.4, -0.2) is 22.6 Å². The summed E-state index contributed by atoms with van der Waals surface area (Å²) in [4.78, 5) is 10.9. The summed E-state index contributed by atoms with van der Waals surface area (Å²) in [5.41, 5.74) is -0.350. The Morgan fingerprint density at radius 1 is 1.15 bits per heavy atom. The molecule has 2 aromatic rings. The van der Waals surface area contributed by atoms with Crippen molar-refractivity contribution in [2.75, 3.05) is 16.8 Å². The molecule has 0 saturated heterocycles. The lowest BCUT2D eigenvalue weighted by Gasteiger charge is -2.32. The maximum absolute atomic E-state index is 13.5. The molecule has 1 aliphatic heterocycles. The molecule has 0 bridgehead atoms. The Balaban J connectivity index is 1.62. The molecule has 1 fully saturated rings. The smallest absolute Gasteiger partial charge is 0.349 e. The molecule has 2 aliphatic rings. The van der Waals surface area contributed by atoms with Crippen LogP contribution in [0.2, 0.25) is 0 Å². The lowest BCUT2D eigenvalue weighted by Crippen LogP contribution is -2.36. The van der Waals surface area contributed by atoms with E-state index in [-0.39, 0.29) is 11.6 Å². The molecule has 2 heterocycles. The third kappa shape index (κ3) is 3.61. The summed E-state index contributed by atoms with van der Waals surface area (Å²) in [6.07, 6.45) is 5.48. The molecule has 0 unspecified atom stereocenters. The van der Waals surface area contributed by atoms with Crippen LogP contribution in [0.1, 0.15) is 36.8 Å². The van der Waals surface area contributed by atoms with E-state index in [0.29, 0.717) is 6.04 Å². The zero-order chi connectivity index (χ0) is 19.0. The van der Waals surface area contributed by atoms with Crippen LogP contribution in [0.5, 0.6) is 0 Å². The number of nitrogens with one attached hydrogen (secondary N) is 1. The number of alkyl halides is 3. The molecule has 0 spiro atoms. The Labute approximate surface area is 153 Å². The number of rotatable bonds is 3. The maximum Gasteiger partial charge on any atom is 0.419 e. The number of hydrogen-bond donors (Lipinski definition) is 1. The van der Waals surface area contributed by atoms with Crippen LogP contribution in [0.3, 0.4) is 0 Å². The first kappa shape index (κ1) is 17.8. The van der Waals surface area contributed by atoms with Crippen molar-refractivity contribution < 1.29 is 17.6 Å². The van der Waals surface area contributed by atoms with Crippen LogP contribution in [0.15, 0.2) is 30.5 Å². The van der Waals surface area contributed by atoms with Gasteiger partial charge in [-0.2, -0.15) is 18.2 Å². The number of nitrogens with zero attached hydrogens (tertiary/aromatic N) is 3. The zero-order valence-electron chi connectivity index (χ0n) is 14.4. The summed E-state index contributed by atoms with van der Waals surface area (Å²) in [5.74, 6) is -0.344. The number of anilines is 3. The first-order chi connectivity index (χ1) is 12.9. The third-order valence-corrected chi connectivity index (χ3v) is 4.96. The van der Waals surface area contributed by atoms with Crippen LogP contribution in [0, 0.1) is 5.82 Å². The van der Waals surface area contributed by atoms with E-state index < -0.39 is 17.6 Å². The van der Waals surface area contributed by atoms with Gasteiger partial charge in [0.25, 0.3) is 0 Å². The number of aromatic nitrogens is 2. The SMILES string of the molecule is Fc1ccc(Nc2ncc3c(n2)N(C2CCCC2)CC=C3)cc1C(F)(F)F. The number of halogens is 4. The molecular formula is C19H18F4N4. The molecule has 1 aromatic heterocycles. The maximum atomic E-state index is 13.5.